The summed E-state index contributed by atoms with van der Waals surface area (Å²) in [5.41, 5.74) is 5.23. The molecule has 0 saturated heterocycles. The van der Waals surface area contributed by atoms with Gasteiger partial charge in [0.25, 0.3) is 5.91 Å². The Morgan fingerprint density at radius 2 is 2.00 bits per heavy atom. The highest BCUT2D eigenvalue weighted by molar-refractivity contribution is 5.96. The Morgan fingerprint density at radius 1 is 1.30 bits per heavy atom. The third-order valence-corrected chi connectivity index (χ3v) is 2.24. The van der Waals surface area contributed by atoms with Crippen molar-refractivity contribution < 1.29 is 19.1 Å². The van der Waals surface area contributed by atoms with Crippen molar-refractivity contribution in [2.75, 3.05) is 19.7 Å². The number of benzene rings is 1. The van der Waals surface area contributed by atoms with Crippen LogP contribution in [-0.4, -0.2) is 36.7 Å². The maximum absolute atomic E-state index is 13.2. The Balaban J connectivity index is 2.75. The van der Waals surface area contributed by atoms with Crippen molar-refractivity contribution in [3.05, 3.63) is 35.1 Å². The Bertz CT molecular complexity index is 564. The minimum Gasteiger partial charge on any atom is -0.384 e. The van der Waals surface area contributed by atoms with Crippen LogP contribution in [0.25, 0.3) is 0 Å². The van der Waals surface area contributed by atoms with E-state index in [0.29, 0.717) is 5.56 Å². The minimum atomic E-state index is -0.695. The summed E-state index contributed by atoms with van der Waals surface area (Å²) < 4.78 is 13.2. The molecule has 0 aliphatic heterocycles. The molecule has 0 aliphatic carbocycles. The van der Waals surface area contributed by atoms with Crippen LogP contribution in [0.1, 0.15) is 15.9 Å². The second-order valence-corrected chi connectivity index (χ2v) is 3.70. The molecule has 106 valence electrons. The average molecular weight is 279 g/mol. The highest BCUT2D eigenvalue weighted by Crippen LogP contribution is 2.10. The number of aliphatic hydroxyl groups is 1. The third-order valence-electron chi connectivity index (χ3n) is 2.24. The van der Waals surface area contributed by atoms with Gasteiger partial charge in [0.15, 0.2) is 0 Å². The zero-order valence-electron chi connectivity index (χ0n) is 10.6. The second-order valence-electron chi connectivity index (χ2n) is 3.70. The lowest BCUT2D eigenvalue weighted by atomic mass is 10.1. The van der Waals surface area contributed by atoms with Crippen LogP contribution in [0.4, 0.5) is 9.18 Å². The van der Waals surface area contributed by atoms with Crippen molar-refractivity contribution in [1.82, 2.24) is 10.6 Å². The van der Waals surface area contributed by atoms with Crippen LogP contribution in [0, 0.1) is 17.7 Å². The first-order valence-corrected chi connectivity index (χ1v) is 5.75. The molecule has 7 heteroatoms. The number of carbonyl (C=O) groups is 2. The van der Waals surface area contributed by atoms with E-state index in [1.807, 2.05) is 0 Å². The van der Waals surface area contributed by atoms with Crippen LogP contribution in [0.5, 0.6) is 0 Å². The molecule has 1 aromatic carbocycles. The van der Waals surface area contributed by atoms with Crippen molar-refractivity contribution in [2.45, 2.75) is 0 Å². The lowest BCUT2D eigenvalue weighted by molar-refractivity contribution is 0.0953. The monoisotopic (exact) mass is 279 g/mol. The van der Waals surface area contributed by atoms with Crippen molar-refractivity contribution in [2.24, 2.45) is 5.73 Å². The number of amides is 3. The van der Waals surface area contributed by atoms with Gasteiger partial charge in [0.1, 0.15) is 12.4 Å². The Hall–Kier alpha value is -2.59. The van der Waals surface area contributed by atoms with E-state index < -0.39 is 17.8 Å². The fraction of sp³-hybridized carbons (Fsp3) is 0.231. The minimum absolute atomic E-state index is 0.0602. The van der Waals surface area contributed by atoms with Gasteiger partial charge in [-0.15, -0.1) is 0 Å². The maximum Gasteiger partial charge on any atom is 0.312 e. The number of carbonyl (C=O) groups excluding carboxylic acids is 2. The molecule has 0 heterocycles. The summed E-state index contributed by atoms with van der Waals surface area (Å²) in [6, 6.07) is 2.89. The fourth-order valence-electron chi connectivity index (χ4n) is 1.41. The predicted octanol–water partition coefficient (Wildman–Crippen LogP) is -0.432. The molecule has 6 nitrogen and oxygen atoms in total. The first-order valence-electron chi connectivity index (χ1n) is 5.75. The summed E-state index contributed by atoms with van der Waals surface area (Å²) in [6.07, 6.45) is 0. The largest absolute Gasteiger partial charge is 0.384 e. The van der Waals surface area contributed by atoms with Crippen molar-refractivity contribution >= 4 is 11.9 Å². The van der Waals surface area contributed by atoms with Gasteiger partial charge in [-0.05, 0) is 18.2 Å². The number of rotatable bonds is 4. The molecule has 3 amide bonds. The number of hydrogen-bond donors (Lipinski definition) is 4. The van der Waals surface area contributed by atoms with E-state index in [1.165, 1.54) is 12.1 Å². The first kappa shape index (κ1) is 15.5. The quantitative estimate of drug-likeness (QED) is 0.444. The standard InChI is InChI=1S/C13H14FN3O3/c14-10-4-3-9(2-1-7-18)11(8-10)12(19)16-5-6-17-13(15)20/h3-4,8,18H,5-7H2,(H,16,19)(H3,15,17,20). The van der Waals surface area contributed by atoms with E-state index in [0.717, 1.165) is 6.07 Å². The van der Waals surface area contributed by atoms with Crippen LogP contribution in [-0.2, 0) is 0 Å². The number of urea groups is 1. The molecule has 0 fully saturated rings. The van der Waals surface area contributed by atoms with Gasteiger partial charge < -0.3 is 21.5 Å². The second kappa shape index (κ2) is 7.76. The highest BCUT2D eigenvalue weighted by Gasteiger charge is 2.11. The number of nitrogens with two attached hydrogens (primary N) is 1. The number of primary amides is 1. The molecule has 0 saturated carbocycles. The molecular formula is C13H14FN3O3. The molecule has 1 rings (SSSR count). The van der Waals surface area contributed by atoms with Crippen molar-refractivity contribution in [3.8, 4) is 11.8 Å². The molecule has 0 spiro atoms. The van der Waals surface area contributed by atoms with Gasteiger partial charge in [-0.1, -0.05) is 11.8 Å². The van der Waals surface area contributed by atoms with Gasteiger partial charge in [0, 0.05) is 18.7 Å². The number of hydrogen-bond acceptors (Lipinski definition) is 3. The van der Waals surface area contributed by atoms with Gasteiger partial charge in [-0.25, -0.2) is 9.18 Å². The summed E-state index contributed by atoms with van der Waals surface area (Å²) in [5, 5.41) is 13.4. The Kier molecular flexibility index (Phi) is 6.00. The summed E-state index contributed by atoms with van der Waals surface area (Å²) in [4.78, 5) is 22.3. The molecule has 1 aromatic rings. The summed E-state index contributed by atoms with van der Waals surface area (Å²) in [7, 11) is 0. The summed E-state index contributed by atoms with van der Waals surface area (Å²) >= 11 is 0. The first-order chi connectivity index (χ1) is 9.54. The van der Waals surface area contributed by atoms with Gasteiger partial charge in [0.2, 0.25) is 0 Å². The SMILES string of the molecule is NC(=O)NCCNC(=O)c1cc(F)ccc1C#CCO. The fourth-order valence-corrected chi connectivity index (χ4v) is 1.41. The van der Waals surface area contributed by atoms with Crippen LogP contribution in [0.2, 0.25) is 0 Å². The normalized spacial score (nSPS) is 9.30. The average Bonchev–Trinajstić information content (AvgIpc) is 2.41. The van der Waals surface area contributed by atoms with Crippen molar-refractivity contribution in [1.29, 1.82) is 0 Å². The van der Waals surface area contributed by atoms with E-state index in [9.17, 15) is 14.0 Å². The summed E-state index contributed by atoms with van der Waals surface area (Å²) in [5.74, 6) is 3.85. The lowest BCUT2D eigenvalue weighted by Crippen LogP contribution is -2.37. The molecule has 0 aliphatic rings. The maximum atomic E-state index is 13.2. The van der Waals surface area contributed by atoms with Crippen LogP contribution >= 0.6 is 0 Å². The van der Waals surface area contributed by atoms with E-state index >= 15 is 0 Å². The number of aliphatic hydroxyl groups excluding tert-OH is 1. The molecule has 0 bridgehead atoms. The molecule has 0 aromatic heterocycles. The van der Waals surface area contributed by atoms with E-state index in [4.69, 9.17) is 10.8 Å². The van der Waals surface area contributed by atoms with Crippen molar-refractivity contribution in [3.63, 3.8) is 0 Å². The van der Waals surface area contributed by atoms with Gasteiger partial charge in [-0.3, -0.25) is 4.79 Å². The van der Waals surface area contributed by atoms with Crippen LogP contribution in [0.3, 0.4) is 0 Å². The highest BCUT2D eigenvalue weighted by atomic mass is 19.1. The molecular weight excluding hydrogens is 265 g/mol. The van der Waals surface area contributed by atoms with Gasteiger partial charge >= 0.3 is 6.03 Å². The zero-order chi connectivity index (χ0) is 15.0. The van der Waals surface area contributed by atoms with Crippen LogP contribution < -0.4 is 16.4 Å². The Morgan fingerprint density at radius 3 is 2.65 bits per heavy atom. The zero-order valence-corrected chi connectivity index (χ0v) is 10.6. The molecule has 0 radical (unpaired) electrons. The van der Waals surface area contributed by atoms with E-state index in [2.05, 4.69) is 22.5 Å². The van der Waals surface area contributed by atoms with E-state index in [-0.39, 0.29) is 25.3 Å². The molecule has 0 unspecified atom stereocenters. The van der Waals surface area contributed by atoms with Crippen LogP contribution in [0.15, 0.2) is 18.2 Å². The van der Waals surface area contributed by atoms with Gasteiger partial charge in [0.05, 0.1) is 5.56 Å². The molecule has 0 atom stereocenters. The molecule has 20 heavy (non-hydrogen) atoms. The smallest absolute Gasteiger partial charge is 0.312 e. The topological polar surface area (TPSA) is 104 Å². The van der Waals surface area contributed by atoms with E-state index in [1.54, 1.807) is 0 Å². The van der Waals surface area contributed by atoms with Gasteiger partial charge in [-0.2, -0.15) is 0 Å². The lowest BCUT2D eigenvalue weighted by Gasteiger charge is -2.07. The molecule has 5 N–H and O–H groups in total. The summed E-state index contributed by atoms with van der Waals surface area (Å²) in [6.45, 7) is -0.0554. The number of nitrogens with one attached hydrogen (secondary N) is 2. The Labute approximate surface area is 115 Å². The number of halogens is 1. The third kappa shape index (κ3) is 4.96. The predicted molar refractivity (Wildman–Crippen MR) is 70.3 cm³/mol.